The number of morpholine rings is 1. The summed E-state index contributed by atoms with van der Waals surface area (Å²) >= 11 is 0. The number of hydrogen-bond acceptors (Lipinski definition) is 8. The summed E-state index contributed by atoms with van der Waals surface area (Å²) in [5.74, 6) is 1.14. The summed E-state index contributed by atoms with van der Waals surface area (Å²) in [6, 6.07) is 23.2. The third kappa shape index (κ3) is 6.12. The maximum absolute atomic E-state index is 14.2. The van der Waals surface area contributed by atoms with Crippen molar-refractivity contribution in [1.29, 1.82) is 0 Å². The molecule has 0 atom stereocenters. The number of benzene rings is 3. The molecule has 1 saturated heterocycles. The van der Waals surface area contributed by atoms with Gasteiger partial charge in [-0.25, -0.2) is 13.8 Å². The second-order valence-corrected chi connectivity index (χ2v) is 11.0. The minimum Gasteiger partial charge on any atom is -0.497 e. The quantitative estimate of drug-likeness (QED) is 0.222. The van der Waals surface area contributed by atoms with E-state index in [1.807, 2.05) is 41.3 Å². The van der Waals surface area contributed by atoms with Crippen LogP contribution in [0, 0.1) is 0 Å². The normalized spacial score (nSPS) is 14.0. The Morgan fingerprint density at radius 2 is 1.58 bits per heavy atom. The van der Waals surface area contributed by atoms with Crippen molar-refractivity contribution < 1.29 is 18.3 Å². The summed E-state index contributed by atoms with van der Waals surface area (Å²) < 4.78 is 40.6. The smallest absolute Gasteiger partial charge is 0.296 e. The summed E-state index contributed by atoms with van der Waals surface area (Å²) in [5.41, 5.74) is 3.74. The molecule has 0 radical (unpaired) electrons. The SMILES string of the molecule is COc1ccc(-c2ccccc2CC(C)(C)Nc2nc(N3CCOCC3)nc(-n3c(C(F)F)nc4ccccc43)n2)cc1. The van der Waals surface area contributed by atoms with Crippen LogP contribution in [0.2, 0.25) is 0 Å². The molecule has 1 aliphatic rings. The molecule has 11 heteroatoms. The molecule has 6 rings (SSSR count). The van der Waals surface area contributed by atoms with Crippen LogP contribution < -0.4 is 15.0 Å². The summed E-state index contributed by atoms with van der Waals surface area (Å²) in [5, 5.41) is 3.48. The van der Waals surface area contributed by atoms with E-state index in [-0.39, 0.29) is 11.9 Å². The number of rotatable bonds is 9. The fourth-order valence-electron chi connectivity index (χ4n) is 5.37. The van der Waals surface area contributed by atoms with Crippen molar-refractivity contribution in [3.8, 4) is 22.8 Å². The van der Waals surface area contributed by atoms with Crippen molar-refractivity contribution in [1.82, 2.24) is 24.5 Å². The second-order valence-electron chi connectivity index (χ2n) is 11.0. The van der Waals surface area contributed by atoms with Gasteiger partial charge >= 0.3 is 0 Å². The molecule has 0 amide bonds. The van der Waals surface area contributed by atoms with Gasteiger partial charge in [0.2, 0.25) is 17.8 Å². The zero-order chi connectivity index (χ0) is 30.0. The predicted octanol–water partition coefficient (Wildman–Crippen LogP) is 6.09. The topological polar surface area (TPSA) is 90.2 Å². The number of fused-ring (bicyclic) bond motifs is 1. The minimum absolute atomic E-state index is 0.0809. The average Bonchev–Trinajstić information content (AvgIpc) is 3.42. The predicted molar refractivity (Wildman–Crippen MR) is 162 cm³/mol. The van der Waals surface area contributed by atoms with E-state index in [0.29, 0.717) is 49.7 Å². The number of aromatic nitrogens is 5. The zero-order valence-electron chi connectivity index (χ0n) is 24.3. The number of alkyl halides is 2. The van der Waals surface area contributed by atoms with Gasteiger partial charge in [0.05, 0.1) is 31.4 Å². The Bertz CT molecular complexity index is 1720. The fraction of sp³-hybridized carbons (Fsp3) is 0.312. The van der Waals surface area contributed by atoms with E-state index in [0.717, 1.165) is 22.4 Å². The van der Waals surface area contributed by atoms with Crippen molar-refractivity contribution in [2.45, 2.75) is 32.2 Å². The lowest BCUT2D eigenvalue weighted by Gasteiger charge is -2.30. The van der Waals surface area contributed by atoms with E-state index in [1.54, 1.807) is 31.4 Å². The Kier molecular flexibility index (Phi) is 7.90. The molecule has 0 saturated carbocycles. The molecule has 0 bridgehead atoms. The molecule has 1 aliphatic heterocycles. The van der Waals surface area contributed by atoms with Gasteiger partial charge < -0.3 is 19.7 Å². The van der Waals surface area contributed by atoms with Crippen molar-refractivity contribution >= 4 is 22.9 Å². The summed E-state index contributed by atoms with van der Waals surface area (Å²) in [7, 11) is 1.65. The Morgan fingerprint density at radius 1 is 0.884 bits per heavy atom. The average molecular weight is 586 g/mol. The molecule has 222 valence electrons. The first kappa shape index (κ1) is 28.5. The van der Waals surface area contributed by atoms with Crippen LogP contribution in [0.15, 0.2) is 72.8 Å². The lowest BCUT2D eigenvalue weighted by molar-refractivity contribution is 0.122. The van der Waals surface area contributed by atoms with Crippen molar-refractivity contribution in [2.24, 2.45) is 0 Å². The Hall–Kier alpha value is -4.64. The fourth-order valence-corrected chi connectivity index (χ4v) is 5.37. The molecule has 1 N–H and O–H groups in total. The Morgan fingerprint density at radius 3 is 2.33 bits per heavy atom. The molecule has 0 spiro atoms. The van der Waals surface area contributed by atoms with Crippen LogP contribution in [0.3, 0.4) is 0 Å². The Balaban J connectivity index is 1.38. The number of ether oxygens (including phenoxy) is 2. The van der Waals surface area contributed by atoms with E-state index in [4.69, 9.17) is 14.5 Å². The monoisotopic (exact) mass is 585 g/mol. The summed E-state index contributed by atoms with van der Waals surface area (Å²) in [6.45, 7) is 6.32. The zero-order valence-corrected chi connectivity index (χ0v) is 24.3. The van der Waals surface area contributed by atoms with Crippen LogP contribution in [0.25, 0.3) is 28.1 Å². The van der Waals surface area contributed by atoms with Crippen molar-refractivity contribution in [3.05, 3.63) is 84.2 Å². The van der Waals surface area contributed by atoms with Gasteiger partial charge in [0.25, 0.3) is 6.43 Å². The van der Waals surface area contributed by atoms with Crippen LogP contribution in [-0.2, 0) is 11.2 Å². The number of anilines is 2. The molecular weight excluding hydrogens is 552 g/mol. The van der Waals surface area contributed by atoms with Crippen LogP contribution in [0.5, 0.6) is 5.75 Å². The number of methoxy groups -OCH3 is 1. The van der Waals surface area contributed by atoms with Gasteiger partial charge in [0.1, 0.15) is 5.75 Å². The van der Waals surface area contributed by atoms with Gasteiger partial charge in [-0.15, -0.1) is 0 Å². The summed E-state index contributed by atoms with van der Waals surface area (Å²) in [6.07, 6.45) is -2.18. The van der Waals surface area contributed by atoms with Crippen LogP contribution in [0.1, 0.15) is 31.7 Å². The standard InChI is InChI=1S/C32H33F2N7O2/c1-32(2,20-22-8-4-5-9-24(22)21-12-14-23(42-3)15-13-21)39-29-36-30(40-16-18-43-19-17-40)38-31(37-29)41-26-11-7-6-10-25(26)35-28(41)27(33)34/h4-15,27H,16-20H2,1-3H3,(H,36,37,38,39). The van der Waals surface area contributed by atoms with E-state index >= 15 is 0 Å². The number of hydrogen-bond donors (Lipinski definition) is 1. The molecule has 2 aromatic heterocycles. The molecule has 0 unspecified atom stereocenters. The lowest BCUT2D eigenvalue weighted by Crippen LogP contribution is -2.39. The molecule has 5 aromatic rings. The molecule has 43 heavy (non-hydrogen) atoms. The van der Waals surface area contributed by atoms with E-state index < -0.39 is 17.8 Å². The number of imidazole rings is 1. The maximum Gasteiger partial charge on any atom is 0.296 e. The van der Waals surface area contributed by atoms with Crippen LogP contribution in [-0.4, -0.2) is 63.5 Å². The molecule has 3 heterocycles. The molecular formula is C32H33F2N7O2. The van der Waals surface area contributed by atoms with Gasteiger partial charge in [-0.3, -0.25) is 4.57 Å². The van der Waals surface area contributed by atoms with E-state index in [2.05, 4.69) is 46.2 Å². The molecule has 1 fully saturated rings. The van der Waals surface area contributed by atoms with E-state index in [9.17, 15) is 8.78 Å². The first-order chi connectivity index (χ1) is 20.8. The van der Waals surface area contributed by atoms with E-state index in [1.165, 1.54) is 4.57 Å². The Labute approximate surface area is 248 Å². The number of halogens is 2. The third-order valence-corrected chi connectivity index (χ3v) is 7.39. The largest absolute Gasteiger partial charge is 0.497 e. The highest BCUT2D eigenvalue weighted by Crippen LogP contribution is 2.31. The highest BCUT2D eigenvalue weighted by molar-refractivity contribution is 5.77. The lowest BCUT2D eigenvalue weighted by atomic mass is 9.89. The molecule has 9 nitrogen and oxygen atoms in total. The van der Waals surface area contributed by atoms with Gasteiger partial charge in [-0.1, -0.05) is 48.5 Å². The first-order valence-corrected chi connectivity index (χ1v) is 14.2. The van der Waals surface area contributed by atoms with Crippen LogP contribution >= 0.6 is 0 Å². The first-order valence-electron chi connectivity index (χ1n) is 14.2. The van der Waals surface area contributed by atoms with Gasteiger partial charge in [0.15, 0.2) is 5.82 Å². The van der Waals surface area contributed by atoms with Gasteiger partial charge in [0, 0.05) is 18.6 Å². The molecule has 0 aliphatic carbocycles. The molecule has 3 aromatic carbocycles. The summed E-state index contributed by atoms with van der Waals surface area (Å²) in [4.78, 5) is 20.3. The maximum atomic E-state index is 14.2. The third-order valence-electron chi connectivity index (χ3n) is 7.39. The number of para-hydroxylation sites is 2. The minimum atomic E-state index is -2.82. The van der Waals surface area contributed by atoms with Crippen LogP contribution in [0.4, 0.5) is 20.7 Å². The van der Waals surface area contributed by atoms with Crippen molar-refractivity contribution in [2.75, 3.05) is 43.6 Å². The van der Waals surface area contributed by atoms with Crippen molar-refractivity contribution in [3.63, 3.8) is 0 Å². The highest BCUT2D eigenvalue weighted by Gasteiger charge is 2.27. The number of nitrogens with one attached hydrogen (secondary N) is 1. The highest BCUT2D eigenvalue weighted by atomic mass is 19.3. The van der Waals surface area contributed by atoms with Gasteiger partial charge in [-0.05, 0) is 61.2 Å². The van der Waals surface area contributed by atoms with Gasteiger partial charge in [-0.2, -0.15) is 15.0 Å². The number of nitrogens with zero attached hydrogens (tertiary/aromatic N) is 6. The second kappa shape index (κ2) is 11.9.